The summed E-state index contributed by atoms with van der Waals surface area (Å²) in [5.41, 5.74) is 1.72. The zero-order valence-corrected chi connectivity index (χ0v) is 11.4. The Balaban J connectivity index is 1.96. The molecule has 0 aromatic heterocycles. The largest absolute Gasteiger partial charge is 0.337 e. The van der Waals surface area contributed by atoms with E-state index in [-0.39, 0.29) is 11.9 Å². The van der Waals surface area contributed by atoms with E-state index < -0.39 is 0 Å². The molecular weight excluding hydrogens is 238 g/mol. The Morgan fingerprint density at radius 1 is 1.42 bits per heavy atom. The molecule has 1 heterocycles. The summed E-state index contributed by atoms with van der Waals surface area (Å²) in [7, 11) is 0. The van der Waals surface area contributed by atoms with Gasteiger partial charge in [0.2, 0.25) is 5.91 Å². The molecule has 1 saturated heterocycles. The summed E-state index contributed by atoms with van der Waals surface area (Å²) < 4.78 is 0. The molecule has 1 aromatic carbocycles. The summed E-state index contributed by atoms with van der Waals surface area (Å²) in [5.74, 6) is 0.179. The van der Waals surface area contributed by atoms with Gasteiger partial charge in [-0.2, -0.15) is 5.26 Å². The van der Waals surface area contributed by atoms with E-state index >= 15 is 0 Å². The van der Waals surface area contributed by atoms with Gasteiger partial charge in [-0.3, -0.25) is 4.79 Å². The first-order valence-electron chi connectivity index (χ1n) is 6.64. The predicted molar refractivity (Wildman–Crippen MR) is 73.3 cm³/mol. The van der Waals surface area contributed by atoms with Gasteiger partial charge in [0, 0.05) is 19.1 Å². The number of nitriles is 1. The second kappa shape index (κ2) is 5.85. The molecule has 1 amide bonds. The molecule has 2 rings (SSSR count). The Bertz CT molecular complexity index is 487. The third-order valence-corrected chi connectivity index (χ3v) is 3.29. The van der Waals surface area contributed by atoms with Crippen molar-refractivity contribution in [2.45, 2.75) is 38.9 Å². The van der Waals surface area contributed by atoms with Crippen LogP contribution >= 0.6 is 0 Å². The van der Waals surface area contributed by atoms with E-state index in [1.54, 1.807) is 12.1 Å². The van der Waals surface area contributed by atoms with Gasteiger partial charge in [0.15, 0.2) is 0 Å². The second-order valence-corrected chi connectivity index (χ2v) is 5.23. The number of hydrogen-bond acceptors (Lipinski definition) is 3. The van der Waals surface area contributed by atoms with Crippen molar-refractivity contribution in [3.8, 4) is 6.07 Å². The number of benzene rings is 1. The van der Waals surface area contributed by atoms with E-state index in [2.05, 4.69) is 25.2 Å². The first-order chi connectivity index (χ1) is 9.10. The number of carbonyl (C=O) groups excluding carboxylic acids is 1. The molecule has 0 bridgehead atoms. The summed E-state index contributed by atoms with van der Waals surface area (Å²) in [6.45, 7) is 5.52. The van der Waals surface area contributed by atoms with Gasteiger partial charge in [0.25, 0.3) is 0 Å². The maximum absolute atomic E-state index is 12.2. The first kappa shape index (κ1) is 13.6. The standard InChI is InChI=1S/C15H19N3O/c1-11(2)17-14-7-8-18(15(14)19)10-13-5-3-12(9-16)4-6-13/h3-6,11,14,17H,7-8,10H2,1-2H3/t14-/m1/s1. The van der Waals surface area contributed by atoms with Crippen molar-refractivity contribution in [3.05, 3.63) is 35.4 Å². The quantitative estimate of drug-likeness (QED) is 0.892. The minimum Gasteiger partial charge on any atom is -0.337 e. The van der Waals surface area contributed by atoms with Gasteiger partial charge < -0.3 is 10.2 Å². The van der Waals surface area contributed by atoms with Crippen LogP contribution in [0.25, 0.3) is 0 Å². The number of hydrogen-bond donors (Lipinski definition) is 1. The van der Waals surface area contributed by atoms with Crippen LogP contribution < -0.4 is 5.32 Å². The summed E-state index contributed by atoms with van der Waals surface area (Å²) >= 11 is 0. The molecule has 4 heteroatoms. The molecule has 1 N–H and O–H groups in total. The molecule has 0 radical (unpaired) electrons. The van der Waals surface area contributed by atoms with Gasteiger partial charge in [0.05, 0.1) is 17.7 Å². The van der Waals surface area contributed by atoms with E-state index in [9.17, 15) is 4.79 Å². The molecule has 1 aromatic rings. The van der Waals surface area contributed by atoms with Crippen LogP contribution in [0, 0.1) is 11.3 Å². The summed E-state index contributed by atoms with van der Waals surface area (Å²) in [6.07, 6.45) is 0.868. The SMILES string of the molecule is CC(C)N[C@@H]1CCN(Cc2ccc(C#N)cc2)C1=O. The minimum absolute atomic E-state index is 0.0432. The zero-order valence-electron chi connectivity index (χ0n) is 11.4. The van der Waals surface area contributed by atoms with Crippen LogP contribution in [0.1, 0.15) is 31.4 Å². The number of nitrogens with zero attached hydrogens (tertiary/aromatic N) is 2. The van der Waals surface area contributed by atoms with Gasteiger partial charge in [0.1, 0.15) is 0 Å². The predicted octanol–water partition coefficient (Wildman–Crippen LogP) is 1.66. The number of rotatable bonds is 4. The van der Waals surface area contributed by atoms with E-state index in [0.717, 1.165) is 18.5 Å². The van der Waals surface area contributed by atoms with Crippen LogP contribution in [0.5, 0.6) is 0 Å². The summed E-state index contributed by atoms with van der Waals surface area (Å²) in [5, 5.41) is 12.0. The van der Waals surface area contributed by atoms with E-state index in [0.29, 0.717) is 18.2 Å². The number of carbonyl (C=O) groups is 1. The molecule has 4 nitrogen and oxygen atoms in total. The fraction of sp³-hybridized carbons (Fsp3) is 0.467. The fourth-order valence-corrected chi connectivity index (χ4v) is 2.36. The van der Waals surface area contributed by atoms with Crippen LogP contribution in [0.3, 0.4) is 0 Å². The number of likely N-dealkylation sites (tertiary alicyclic amines) is 1. The maximum atomic E-state index is 12.2. The Kier molecular flexibility index (Phi) is 4.18. The third-order valence-electron chi connectivity index (χ3n) is 3.29. The fourth-order valence-electron chi connectivity index (χ4n) is 2.36. The van der Waals surface area contributed by atoms with E-state index in [1.165, 1.54) is 0 Å². The summed E-state index contributed by atoms with van der Waals surface area (Å²) in [4.78, 5) is 14.1. The normalized spacial score (nSPS) is 18.9. The van der Waals surface area contributed by atoms with Crippen molar-refractivity contribution in [3.63, 3.8) is 0 Å². The second-order valence-electron chi connectivity index (χ2n) is 5.23. The molecule has 0 saturated carbocycles. The molecule has 1 fully saturated rings. The average molecular weight is 257 g/mol. The van der Waals surface area contributed by atoms with Crippen molar-refractivity contribution < 1.29 is 4.79 Å². The van der Waals surface area contributed by atoms with Gasteiger partial charge in [-0.1, -0.05) is 26.0 Å². The number of amides is 1. The highest BCUT2D eigenvalue weighted by molar-refractivity contribution is 5.84. The van der Waals surface area contributed by atoms with Gasteiger partial charge in [-0.15, -0.1) is 0 Å². The highest BCUT2D eigenvalue weighted by Crippen LogP contribution is 2.16. The lowest BCUT2D eigenvalue weighted by atomic mass is 10.1. The first-order valence-corrected chi connectivity index (χ1v) is 6.64. The third kappa shape index (κ3) is 3.33. The molecule has 0 aliphatic carbocycles. The Labute approximate surface area is 114 Å². The van der Waals surface area contributed by atoms with Crippen molar-refractivity contribution in [2.24, 2.45) is 0 Å². The lowest BCUT2D eigenvalue weighted by molar-refractivity contribution is -0.130. The Morgan fingerprint density at radius 3 is 2.68 bits per heavy atom. The molecule has 1 atom stereocenters. The molecule has 100 valence electrons. The van der Waals surface area contributed by atoms with Crippen LogP contribution in [0.15, 0.2) is 24.3 Å². The Morgan fingerprint density at radius 2 is 2.11 bits per heavy atom. The Hall–Kier alpha value is -1.86. The lowest BCUT2D eigenvalue weighted by Gasteiger charge is -2.18. The molecule has 19 heavy (non-hydrogen) atoms. The van der Waals surface area contributed by atoms with Crippen molar-refractivity contribution in [2.75, 3.05) is 6.54 Å². The average Bonchev–Trinajstić information content (AvgIpc) is 2.72. The molecule has 0 spiro atoms. The monoisotopic (exact) mass is 257 g/mol. The molecular formula is C15H19N3O. The maximum Gasteiger partial charge on any atom is 0.240 e. The van der Waals surface area contributed by atoms with Crippen molar-refractivity contribution in [1.82, 2.24) is 10.2 Å². The van der Waals surface area contributed by atoms with Gasteiger partial charge in [-0.05, 0) is 24.1 Å². The molecule has 1 aliphatic rings. The van der Waals surface area contributed by atoms with Crippen LogP contribution in [-0.4, -0.2) is 29.4 Å². The zero-order chi connectivity index (χ0) is 13.8. The van der Waals surface area contributed by atoms with E-state index in [1.807, 2.05) is 17.0 Å². The van der Waals surface area contributed by atoms with Crippen molar-refractivity contribution in [1.29, 1.82) is 5.26 Å². The van der Waals surface area contributed by atoms with Gasteiger partial charge in [-0.25, -0.2) is 0 Å². The van der Waals surface area contributed by atoms with Gasteiger partial charge >= 0.3 is 0 Å². The molecule has 0 unspecified atom stereocenters. The van der Waals surface area contributed by atoms with E-state index in [4.69, 9.17) is 5.26 Å². The highest BCUT2D eigenvalue weighted by Gasteiger charge is 2.31. The topological polar surface area (TPSA) is 56.1 Å². The van der Waals surface area contributed by atoms with Crippen LogP contribution in [-0.2, 0) is 11.3 Å². The smallest absolute Gasteiger partial charge is 0.240 e. The summed E-state index contributed by atoms with van der Waals surface area (Å²) in [6, 6.07) is 9.78. The van der Waals surface area contributed by atoms with Crippen LogP contribution in [0.4, 0.5) is 0 Å². The molecule has 1 aliphatic heterocycles. The lowest BCUT2D eigenvalue weighted by Crippen LogP contribution is -2.41. The highest BCUT2D eigenvalue weighted by atomic mass is 16.2. The minimum atomic E-state index is -0.0432. The van der Waals surface area contributed by atoms with Crippen molar-refractivity contribution >= 4 is 5.91 Å². The number of nitrogens with one attached hydrogen (secondary N) is 1. The van der Waals surface area contributed by atoms with Crippen LogP contribution in [0.2, 0.25) is 0 Å².